The van der Waals surface area contributed by atoms with Crippen molar-refractivity contribution in [2.45, 2.75) is 32.9 Å². The van der Waals surface area contributed by atoms with Crippen LogP contribution in [0.1, 0.15) is 37.0 Å². The molecule has 0 aliphatic carbocycles. The Bertz CT molecular complexity index is 716. The average Bonchev–Trinajstić information content (AvgIpc) is 2.80. The van der Waals surface area contributed by atoms with E-state index in [0.717, 1.165) is 17.1 Å². The molecule has 0 saturated carbocycles. The summed E-state index contributed by atoms with van der Waals surface area (Å²) in [5, 5.41) is 3.91. The number of imidazole rings is 1. The number of aromatic nitrogens is 2. The highest BCUT2D eigenvalue weighted by atomic mass is 35.5. The van der Waals surface area contributed by atoms with E-state index < -0.39 is 11.6 Å². The number of nitrogens with one attached hydrogen (secondary N) is 1. The van der Waals surface area contributed by atoms with Crippen LogP contribution in [0.25, 0.3) is 5.69 Å². The predicted octanol–water partition coefficient (Wildman–Crippen LogP) is 3.41. The first-order chi connectivity index (χ1) is 9.85. The third-order valence-corrected chi connectivity index (χ3v) is 3.36. The molecule has 1 aromatic heterocycles. The zero-order chi connectivity index (χ0) is 15.2. The molecule has 0 spiro atoms. The van der Waals surface area contributed by atoms with Crippen molar-refractivity contribution in [2.24, 2.45) is 0 Å². The maximum atomic E-state index is 12.2. The highest BCUT2D eigenvalue weighted by Crippen LogP contribution is 2.31. The third kappa shape index (κ3) is 2.61. The second-order valence-corrected chi connectivity index (χ2v) is 6.36. The van der Waals surface area contributed by atoms with Crippen molar-refractivity contribution in [2.75, 3.05) is 5.32 Å². The molecule has 5 nitrogen and oxygen atoms in total. The molecule has 2 aromatic rings. The molecule has 0 saturated heterocycles. The molecule has 1 aromatic carbocycles. The Labute approximate surface area is 127 Å². The summed E-state index contributed by atoms with van der Waals surface area (Å²) in [6.45, 7) is 6.01. The molecule has 0 bridgehead atoms. The lowest BCUT2D eigenvalue weighted by atomic mass is 10.1. The number of nitrogens with zero attached hydrogens (tertiary/aromatic N) is 2. The number of carbonyl (C=O) groups is 1. The molecular weight excluding hydrogens is 290 g/mol. The first kappa shape index (κ1) is 13.9. The van der Waals surface area contributed by atoms with Crippen LogP contribution in [0, 0.1) is 0 Å². The lowest BCUT2D eigenvalue weighted by molar-refractivity contribution is 0.00621. The van der Waals surface area contributed by atoms with Crippen LogP contribution < -0.4 is 5.32 Å². The molecule has 0 amide bonds. The molecule has 2 heterocycles. The molecule has 3 rings (SSSR count). The van der Waals surface area contributed by atoms with Gasteiger partial charge in [-0.3, -0.25) is 4.57 Å². The Morgan fingerprint density at radius 3 is 2.90 bits per heavy atom. The average molecular weight is 306 g/mol. The van der Waals surface area contributed by atoms with Gasteiger partial charge in [0, 0.05) is 5.02 Å². The highest BCUT2D eigenvalue weighted by Gasteiger charge is 2.27. The Morgan fingerprint density at radius 1 is 1.43 bits per heavy atom. The summed E-state index contributed by atoms with van der Waals surface area (Å²) in [7, 11) is 0. The smallest absolute Gasteiger partial charge is 0.359 e. The number of fused-ring (bicyclic) bond motifs is 3. The minimum atomic E-state index is -0.541. The zero-order valence-corrected chi connectivity index (χ0v) is 12.9. The van der Waals surface area contributed by atoms with E-state index in [0.29, 0.717) is 17.3 Å². The van der Waals surface area contributed by atoms with Gasteiger partial charge in [-0.25, -0.2) is 9.78 Å². The molecule has 1 N–H and O–H groups in total. The summed E-state index contributed by atoms with van der Waals surface area (Å²) in [5.74, 6) is -0.407. The van der Waals surface area contributed by atoms with Gasteiger partial charge in [0.05, 0.1) is 23.6 Å². The van der Waals surface area contributed by atoms with Crippen LogP contribution in [0.4, 0.5) is 5.69 Å². The Kier molecular flexibility index (Phi) is 3.17. The van der Waals surface area contributed by atoms with Crippen molar-refractivity contribution in [1.82, 2.24) is 9.55 Å². The summed E-state index contributed by atoms with van der Waals surface area (Å²) in [4.78, 5) is 16.4. The first-order valence-electron chi connectivity index (χ1n) is 6.68. The molecule has 21 heavy (non-hydrogen) atoms. The van der Waals surface area contributed by atoms with Gasteiger partial charge in [0.1, 0.15) is 11.9 Å². The van der Waals surface area contributed by atoms with E-state index in [1.807, 2.05) is 43.5 Å². The summed E-state index contributed by atoms with van der Waals surface area (Å²) in [5.41, 5.74) is 2.43. The van der Waals surface area contributed by atoms with Gasteiger partial charge in [0.2, 0.25) is 0 Å². The second-order valence-electron chi connectivity index (χ2n) is 5.93. The number of carbonyl (C=O) groups excluding carboxylic acids is 1. The quantitative estimate of drug-likeness (QED) is 0.820. The number of esters is 1. The molecule has 1 aliphatic rings. The molecule has 6 heteroatoms. The standard InChI is InChI=1S/C15H16ClN3O2/c1-15(2,3)21-14(20)13-12-7-17-10-6-9(16)4-5-11(10)19(12)8-18-13/h4-6,8,17H,7H2,1-3H3. The van der Waals surface area contributed by atoms with Crippen LogP contribution in [0.2, 0.25) is 5.02 Å². The van der Waals surface area contributed by atoms with Gasteiger partial charge in [0.25, 0.3) is 0 Å². The van der Waals surface area contributed by atoms with Crippen LogP contribution in [0.5, 0.6) is 0 Å². The topological polar surface area (TPSA) is 56.1 Å². The lowest BCUT2D eigenvalue weighted by Crippen LogP contribution is -2.26. The van der Waals surface area contributed by atoms with Crippen LogP contribution in [-0.4, -0.2) is 21.1 Å². The van der Waals surface area contributed by atoms with Crippen molar-refractivity contribution < 1.29 is 9.53 Å². The highest BCUT2D eigenvalue weighted by molar-refractivity contribution is 6.31. The molecule has 1 aliphatic heterocycles. The van der Waals surface area contributed by atoms with Crippen molar-refractivity contribution in [1.29, 1.82) is 0 Å². The van der Waals surface area contributed by atoms with Crippen LogP contribution in [0.15, 0.2) is 24.5 Å². The number of benzene rings is 1. The molecule has 0 fully saturated rings. The van der Waals surface area contributed by atoms with Gasteiger partial charge in [-0.05, 0) is 39.0 Å². The first-order valence-corrected chi connectivity index (χ1v) is 7.06. The number of hydrogen-bond acceptors (Lipinski definition) is 4. The van der Waals surface area contributed by atoms with Gasteiger partial charge >= 0.3 is 5.97 Å². The Balaban J connectivity index is 2.00. The normalized spacial score (nSPS) is 13.1. The minimum absolute atomic E-state index is 0.345. The van der Waals surface area contributed by atoms with Crippen LogP contribution in [0.3, 0.4) is 0 Å². The largest absolute Gasteiger partial charge is 0.455 e. The Morgan fingerprint density at radius 2 is 2.19 bits per heavy atom. The number of hydrogen-bond donors (Lipinski definition) is 1. The Hall–Kier alpha value is -2.01. The fourth-order valence-corrected chi connectivity index (χ4v) is 2.46. The van der Waals surface area contributed by atoms with Gasteiger partial charge in [-0.15, -0.1) is 0 Å². The van der Waals surface area contributed by atoms with E-state index in [1.54, 1.807) is 6.33 Å². The molecule has 0 unspecified atom stereocenters. The van der Waals surface area contributed by atoms with E-state index in [1.165, 1.54) is 0 Å². The van der Waals surface area contributed by atoms with E-state index in [4.69, 9.17) is 16.3 Å². The summed E-state index contributed by atoms with van der Waals surface area (Å²) < 4.78 is 7.28. The van der Waals surface area contributed by atoms with Crippen molar-refractivity contribution in [3.8, 4) is 5.69 Å². The van der Waals surface area contributed by atoms with Crippen molar-refractivity contribution in [3.63, 3.8) is 0 Å². The minimum Gasteiger partial charge on any atom is -0.455 e. The summed E-state index contributed by atoms with van der Waals surface area (Å²) >= 11 is 5.99. The second kappa shape index (κ2) is 4.77. The third-order valence-electron chi connectivity index (χ3n) is 3.12. The fourth-order valence-electron chi connectivity index (χ4n) is 2.29. The summed E-state index contributed by atoms with van der Waals surface area (Å²) in [6, 6.07) is 5.56. The van der Waals surface area contributed by atoms with E-state index in [2.05, 4.69) is 10.3 Å². The molecule has 0 radical (unpaired) electrons. The maximum Gasteiger partial charge on any atom is 0.359 e. The monoisotopic (exact) mass is 305 g/mol. The van der Waals surface area contributed by atoms with E-state index >= 15 is 0 Å². The van der Waals surface area contributed by atoms with Crippen molar-refractivity contribution in [3.05, 3.63) is 40.9 Å². The maximum absolute atomic E-state index is 12.2. The predicted molar refractivity (Wildman–Crippen MR) is 81.1 cm³/mol. The number of halogens is 1. The van der Waals surface area contributed by atoms with Crippen LogP contribution in [-0.2, 0) is 11.3 Å². The number of anilines is 1. The van der Waals surface area contributed by atoms with Gasteiger partial charge in [0.15, 0.2) is 5.69 Å². The SMILES string of the molecule is CC(C)(C)OC(=O)c1ncn2c1CNc1cc(Cl)ccc1-2. The zero-order valence-electron chi connectivity index (χ0n) is 12.1. The number of ether oxygens (including phenoxy) is 1. The van der Waals surface area contributed by atoms with Crippen molar-refractivity contribution >= 4 is 23.3 Å². The summed E-state index contributed by atoms with van der Waals surface area (Å²) in [6.07, 6.45) is 1.64. The fraction of sp³-hybridized carbons (Fsp3) is 0.333. The van der Waals surface area contributed by atoms with Gasteiger partial charge < -0.3 is 10.1 Å². The van der Waals surface area contributed by atoms with E-state index in [9.17, 15) is 4.79 Å². The molecule has 110 valence electrons. The molecule has 0 atom stereocenters. The van der Waals surface area contributed by atoms with Gasteiger partial charge in [-0.2, -0.15) is 0 Å². The molecular formula is C15H16ClN3O2. The van der Waals surface area contributed by atoms with Gasteiger partial charge in [-0.1, -0.05) is 11.6 Å². The van der Waals surface area contributed by atoms with E-state index in [-0.39, 0.29) is 0 Å². The lowest BCUT2D eigenvalue weighted by Gasteiger charge is -2.22. The van der Waals surface area contributed by atoms with Crippen LogP contribution >= 0.6 is 11.6 Å². The number of rotatable bonds is 1.